The minimum atomic E-state index is -0.160. The van der Waals surface area contributed by atoms with Gasteiger partial charge in [0.2, 0.25) is 0 Å². The van der Waals surface area contributed by atoms with Crippen molar-refractivity contribution in [1.82, 2.24) is 0 Å². The Labute approximate surface area is 111 Å². The van der Waals surface area contributed by atoms with Gasteiger partial charge in [0.25, 0.3) is 5.91 Å². The van der Waals surface area contributed by atoms with Crippen LogP contribution in [-0.4, -0.2) is 44.5 Å². The van der Waals surface area contributed by atoms with E-state index >= 15 is 0 Å². The predicted molar refractivity (Wildman–Crippen MR) is 69.4 cm³/mol. The number of benzene rings is 1. The van der Waals surface area contributed by atoms with Crippen molar-refractivity contribution in [2.45, 2.75) is 6.42 Å². The molecule has 1 N–H and O–H groups in total. The lowest BCUT2D eigenvalue weighted by atomic mass is 9.80. The maximum atomic E-state index is 11.6. The van der Waals surface area contributed by atoms with E-state index in [0.717, 1.165) is 23.4 Å². The zero-order chi connectivity index (χ0) is 13.5. The third-order valence-electron chi connectivity index (χ3n) is 3.84. The number of ether oxygens (including phenoxy) is 2. The van der Waals surface area contributed by atoms with E-state index in [9.17, 15) is 9.90 Å². The van der Waals surface area contributed by atoms with Gasteiger partial charge >= 0.3 is 0 Å². The fourth-order valence-corrected chi connectivity index (χ4v) is 2.50. The highest BCUT2D eigenvalue weighted by Crippen LogP contribution is 2.36. The minimum Gasteiger partial charge on any atom is -0.482 e. The molecule has 1 aromatic rings. The molecule has 102 valence electrons. The molecule has 2 heterocycles. The van der Waals surface area contributed by atoms with Gasteiger partial charge in [-0.05, 0) is 24.1 Å². The van der Waals surface area contributed by atoms with Gasteiger partial charge in [-0.1, -0.05) is 6.07 Å². The molecule has 1 amide bonds. The second kappa shape index (κ2) is 4.51. The molecule has 0 spiro atoms. The van der Waals surface area contributed by atoms with Crippen LogP contribution in [-0.2, 0) is 16.0 Å². The number of rotatable bonds is 3. The summed E-state index contributed by atoms with van der Waals surface area (Å²) in [7, 11) is 1.75. The number of carbonyl (C=O) groups excluding carboxylic acids is 1. The molecule has 3 rings (SSSR count). The van der Waals surface area contributed by atoms with Crippen LogP contribution in [0.5, 0.6) is 5.75 Å². The molecule has 0 aliphatic carbocycles. The van der Waals surface area contributed by atoms with Gasteiger partial charge in [-0.3, -0.25) is 4.79 Å². The average Bonchev–Trinajstić information content (AvgIpc) is 2.39. The predicted octanol–water partition coefficient (Wildman–Crippen LogP) is 0.593. The fourth-order valence-electron chi connectivity index (χ4n) is 2.50. The molecule has 1 aromatic carbocycles. The number of hydrogen-bond donors (Lipinski definition) is 1. The molecular weight excluding hydrogens is 246 g/mol. The number of hydrogen-bond acceptors (Lipinski definition) is 4. The normalized spacial score (nSPS) is 20.5. The maximum absolute atomic E-state index is 11.6. The Morgan fingerprint density at radius 2 is 2.21 bits per heavy atom. The standard InChI is InChI=1S/C14H17NO4/c1-15-11-4-10(5-14(7-16)8-18-9-14)2-3-12(11)19-6-13(15)17/h2-4,16H,5-9H2,1H3. The van der Waals surface area contributed by atoms with Crippen molar-refractivity contribution in [3.8, 4) is 5.75 Å². The molecule has 2 aliphatic heterocycles. The number of likely N-dealkylation sites (N-methyl/N-ethyl adjacent to an activating group) is 1. The fraction of sp³-hybridized carbons (Fsp3) is 0.500. The van der Waals surface area contributed by atoms with Gasteiger partial charge < -0.3 is 19.5 Å². The number of carbonyl (C=O) groups is 1. The van der Waals surface area contributed by atoms with Crippen LogP contribution in [0.4, 0.5) is 5.69 Å². The van der Waals surface area contributed by atoms with Gasteiger partial charge in [0.05, 0.1) is 25.5 Å². The molecule has 0 atom stereocenters. The van der Waals surface area contributed by atoms with E-state index < -0.39 is 0 Å². The quantitative estimate of drug-likeness (QED) is 0.867. The topological polar surface area (TPSA) is 59.0 Å². The van der Waals surface area contributed by atoms with E-state index in [0.29, 0.717) is 13.2 Å². The summed E-state index contributed by atoms with van der Waals surface area (Å²) in [5.74, 6) is 0.683. The lowest BCUT2D eigenvalue weighted by molar-refractivity contribution is -0.136. The number of aliphatic hydroxyl groups excluding tert-OH is 1. The van der Waals surface area contributed by atoms with E-state index in [1.165, 1.54) is 0 Å². The second-order valence-corrected chi connectivity index (χ2v) is 5.37. The zero-order valence-electron chi connectivity index (χ0n) is 10.9. The Balaban J connectivity index is 1.86. The molecule has 1 fully saturated rings. The monoisotopic (exact) mass is 263 g/mol. The van der Waals surface area contributed by atoms with Crippen LogP contribution in [0.15, 0.2) is 18.2 Å². The van der Waals surface area contributed by atoms with Crippen LogP contribution in [0.3, 0.4) is 0 Å². The number of nitrogens with zero attached hydrogens (tertiary/aromatic N) is 1. The zero-order valence-corrected chi connectivity index (χ0v) is 10.9. The number of amides is 1. The van der Waals surface area contributed by atoms with Gasteiger partial charge in [-0.2, -0.15) is 0 Å². The summed E-state index contributed by atoms with van der Waals surface area (Å²) < 4.78 is 10.6. The van der Waals surface area contributed by atoms with Crippen LogP contribution in [0.2, 0.25) is 0 Å². The highest BCUT2D eigenvalue weighted by atomic mass is 16.5. The highest BCUT2D eigenvalue weighted by Gasteiger charge is 2.38. The molecule has 0 unspecified atom stereocenters. The molecule has 2 aliphatic rings. The molecule has 19 heavy (non-hydrogen) atoms. The molecule has 0 aromatic heterocycles. The van der Waals surface area contributed by atoms with E-state index in [4.69, 9.17) is 9.47 Å². The average molecular weight is 263 g/mol. The lowest BCUT2D eigenvalue weighted by Gasteiger charge is -2.40. The van der Waals surface area contributed by atoms with Crippen molar-refractivity contribution in [1.29, 1.82) is 0 Å². The SMILES string of the molecule is CN1C(=O)COc2ccc(CC3(CO)COC3)cc21. The van der Waals surface area contributed by atoms with E-state index in [1.54, 1.807) is 11.9 Å². The summed E-state index contributed by atoms with van der Waals surface area (Å²) >= 11 is 0. The number of fused-ring (bicyclic) bond motifs is 1. The van der Waals surface area contributed by atoms with Crippen molar-refractivity contribution in [2.75, 3.05) is 38.4 Å². The third-order valence-corrected chi connectivity index (χ3v) is 3.84. The maximum Gasteiger partial charge on any atom is 0.264 e. The molecule has 1 saturated heterocycles. The minimum absolute atomic E-state index is 0.0477. The Bertz CT molecular complexity index is 505. The summed E-state index contributed by atoms with van der Waals surface area (Å²) in [6.45, 7) is 1.39. The first-order valence-electron chi connectivity index (χ1n) is 6.34. The van der Waals surface area contributed by atoms with Gasteiger partial charge in [-0.15, -0.1) is 0 Å². The van der Waals surface area contributed by atoms with Gasteiger partial charge in [-0.25, -0.2) is 0 Å². The van der Waals surface area contributed by atoms with Crippen LogP contribution in [0.1, 0.15) is 5.56 Å². The summed E-state index contributed by atoms with van der Waals surface area (Å²) in [5.41, 5.74) is 1.72. The molecular formula is C14H17NO4. The molecule has 0 saturated carbocycles. The van der Waals surface area contributed by atoms with Crippen LogP contribution >= 0.6 is 0 Å². The van der Waals surface area contributed by atoms with E-state index in [-0.39, 0.29) is 24.5 Å². The number of aliphatic hydroxyl groups is 1. The first-order chi connectivity index (χ1) is 9.13. The van der Waals surface area contributed by atoms with Gasteiger partial charge in [0.15, 0.2) is 6.61 Å². The number of anilines is 1. The molecule has 0 radical (unpaired) electrons. The molecule has 5 nitrogen and oxygen atoms in total. The van der Waals surface area contributed by atoms with Crippen molar-refractivity contribution in [3.05, 3.63) is 23.8 Å². The third kappa shape index (κ3) is 2.09. The van der Waals surface area contributed by atoms with Crippen molar-refractivity contribution < 1.29 is 19.4 Å². The Kier molecular flexibility index (Phi) is 2.95. The summed E-state index contributed by atoms with van der Waals surface area (Å²) in [6, 6.07) is 5.83. The van der Waals surface area contributed by atoms with Crippen LogP contribution < -0.4 is 9.64 Å². The summed E-state index contributed by atoms with van der Waals surface area (Å²) in [4.78, 5) is 13.2. The smallest absolute Gasteiger partial charge is 0.264 e. The second-order valence-electron chi connectivity index (χ2n) is 5.37. The van der Waals surface area contributed by atoms with Gasteiger partial charge in [0.1, 0.15) is 5.75 Å². The first-order valence-corrected chi connectivity index (χ1v) is 6.34. The highest BCUT2D eigenvalue weighted by molar-refractivity contribution is 5.97. The van der Waals surface area contributed by atoms with E-state index in [2.05, 4.69) is 0 Å². The first kappa shape index (κ1) is 12.4. The lowest BCUT2D eigenvalue weighted by Crippen LogP contribution is -2.47. The van der Waals surface area contributed by atoms with Crippen LogP contribution in [0.25, 0.3) is 0 Å². The van der Waals surface area contributed by atoms with Crippen molar-refractivity contribution in [2.24, 2.45) is 5.41 Å². The van der Waals surface area contributed by atoms with Crippen molar-refractivity contribution in [3.63, 3.8) is 0 Å². The van der Waals surface area contributed by atoms with Gasteiger partial charge in [0, 0.05) is 12.5 Å². The molecule has 5 heteroatoms. The van der Waals surface area contributed by atoms with E-state index in [1.807, 2.05) is 18.2 Å². The molecule has 0 bridgehead atoms. The Morgan fingerprint density at radius 1 is 1.42 bits per heavy atom. The Hall–Kier alpha value is -1.59. The van der Waals surface area contributed by atoms with Crippen molar-refractivity contribution >= 4 is 11.6 Å². The summed E-state index contributed by atoms with van der Waals surface area (Å²) in [6.07, 6.45) is 0.749. The largest absolute Gasteiger partial charge is 0.482 e. The summed E-state index contributed by atoms with van der Waals surface area (Å²) in [5, 5.41) is 9.46. The van der Waals surface area contributed by atoms with Crippen LogP contribution in [0, 0.1) is 5.41 Å². The Morgan fingerprint density at radius 3 is 2.84 bits per heavy atom.